The summed E-state index contributed by atoms with van der Waals surface area (Å²) in [5.41, 5.74) is 4.84. The Bertz CT molecular complexity index is 258. The van der Waals surface area contributed by atoms with Crippen molar-refractivity contribution in [1.29, 1.82) is 0 Å². The van der Waals surface area contributed by atoms with Crippen LogP contribution in [0.15, 0.2) is 0 Å². The Labute approximate surface area is 122 Å². The van der Waals surface area contributed by atoms with Crippen molar-refractivity contribution in [3.8, 4) is 0 Å². The molecule has 0 aliphatic carbocycles. The second-order valence-corrected chi connectivity index (χ2v) is 5.12. The summed E-state index contributed by atoms with van der Waals surface area (Å²) >= 11 is 0. The van der Waals surface area contributed by atoms with Crippen LogP contribution < -0.4 is 11.1 Å². The van der Waals surface area contributed by atoms with Crippen LogP contribution in [0.1, 0.15) is 71.1 Å². The van der Waals surface area contributed by atoms with Gasteiger partial charge < -0.3 is 15.8 Å². The van der Waals surface area contributed by atoms with E-state index in [1.54, 1.807) is 0 Å². The fourth-order valence-corrected chi connectivity index (χ4v) is 1.99. The maximum absolute atomic E-state index is 11.1. The number of unbranched alkanes of at least 4 members (excludes halogenated alkanes) is 9. The average Bonchev–Trinajstić information content (AvgIpc) is 2.42. The first-order chi connectivity index (χ1) is 9.66. The van der Waals surface area contributed by atoms with Crippen molar-refractivity contribution in [2.75, 3.05) is 13.2 Å². The lowest BCUT2D eigenvalue weighted by atomic mass is 10.1. The molecule has 0 aromatic heterocycles. The SMILES string of the molecule is CCCCCCCCCCCCOC(=O)CNC(N)=O. The van der Waals surface area contributed by atoms with E-state index in [1.165, 1.54) is 51.4 Å². The quantitative estimate of drug-likeness (QED) is 0.403. The van der Waals surface area contributed by atoms with Gasteiger partial charge in [-0.15, -0.1) is 0 Å². The Morgan fingerprint density at radius 3 is 1.90 bits per heavy atom. The number of hydrogen-bond acceptors (Lipinski definition) is 3. The second-order valence-electron chi connectivity index (χ2n) is 5.12. The lowest BCUT2D eigenvalue weighted by Crippen LogP contribution is -2.34. The predicted molar refractivity (Wildman–Crippen MR) is 80.4 cm³/mol. The minimum atomic E-state index is -0.708. The van der Waals surface area contributed by atoms with Crippen molar-refractivity contribution in [3.05, 3.63) is 0 Å². The van der Waals surface area contributed by atoms with Gasteiger partial charge in [0.2, 0.25) is 0 Å². The van der Waals surface area contributed by atoms with Gasteiger partial charge in [-0.25, -0.2) is 4.79 Å². The van der Waals surface area contributed by atoms with Gasteiger partial charge in [-0.05, 0) is 6.42 Å². The maximum Gasteiger partial charge on any atom is 0.325 e. The lowest BCUT2D eigenvalue weighted by Gasteiger charge is -2.05. The van der Waals surface area contributed by atoms with Gasteiger partial charge in [0, 0.05) is 0 Å². The number of ether oxygens (including phenoxy) is 1. The van der Waals surface area contributed by atoms with E-state index in [4.69, 9.17) is 10.5 Å². The largest absolute Gasteiger partial charge is 0.464 e. The number of carbonyl (C=O) groups excluding carboxylic acids is 2. The molecule has 20 heavy (non-hydrogen) atoms. The number of carbonyl (C=O) groups is 2. The third-order valence-electron chi connectivity index (χ3n) is 3.17. The first-order valence-corrected chi connectivity index (χ1v) is 7.85. The van der Waals surface area contributed by atoms with E-state index in [1.807, 2.05) is 0 Å². The molecule has 3 N–H and O–H groups in total. The van der Waals surface area contributed by atoms with E-state index >= 15 is 0 Å². The molecule has 118 valence electrons. The van der Waals surface area contributed by atoms with Crippen molar-refractivity contribution in [2.24, 2.45) is 5.73 Å². The number of nitrogens with two attached hydrogens (primary N) is 1. The van der Waals surface area contributed by atoms with Crippen molar-refractivity contribution >= 4 is 12.0 Å². The Kier molecular flexibility index (Phi) is 13.3. The van der Waals surface area contributed by atoms with Crippen LogP contribution in [0, 0.1) is 0 Å². The van der Waals surface area contributed by atoms with Gasteiger partial charge in [-0.2, -0.15) is 0 Å². The van der Waals surface area contributed by atoms with Crippen LogP contribution in [0.4, 0.5) is 4.79 Å². The summed E-state index contributed by atoms with van der Waals surface area (Å²) in [7, 11) is 0. The van der Waals surface area contributed by atoms with Gasteiger partial charge in [-0.3, -0.25) is 4.79 Å². The van der Waals surface area contributed by atoms with Crippen LogP contribution in [0.3, 0.4) is 0 Å². The average molecular weight is 286 g/mol. The molecule has 0 fully saturated rings. The molecule has 0 rings (SSSR count). The first-order valence-electron chi connectivity index (χ1n) is 7.85. The first kappa shape index (κ1) is 18.7. The van der Waals surface area contributed by atoms with Crippen LogP contribution in [0.25, 0.3) is 0 Å². The van der Waals surface area contributed by atoms with E-state index < -0.39 is 12.0 Å². The highest BCUT2D eigenvalue weighted by atomic mass is 16.5. The van der Waals surface area contributed by atoms with E-state index in [0.29, 0.717) is 6.61 Å². The van der Waals surface area contributed by atoms with Crippen molar-refractivity contribution in [1.82, 2.24) is 5.32 Å². The zero-order valence-corrected chi connectivity index (χ0v) is 12.8. The zero-order valence-electron chi connectivity index (χ0n) is 12.8. The Balaban J connectivity index is 3.12. The molecule has 0 saturated carbocycles. The zero-order chi connectivity index (χ0) is 15.1. The van der Waals surface area contributed by atoms with E-state index in [-0.39, 0.29) is 6.54 Å². The Hall–Kier alpha value is -1.26. The molecule has 0 aromatic rings. The van der Waals surface area contributed by atoms with E-state index in [0.717, 1.165) is 12.8 Å². The summed E-state index contributed by atoms with van der Waals surface area (Å²) in [5, 5.41) is 2.20. The fraction of sp³-hybridized carbons (Fsp3) is 0.867. The summed E-state index contributed by atoms with van der Waals surface area (Å²) < 4.78 is 4.96. The monoisotopic (exact) mass is 286 g/mol. The highest BCUT2D eigenvalue weighted by Gasteiger charge is 2.03. The molecule has 0 atom stereocenters. The highest BCUT2D eigenvalue weighted by Crippen LogP contribution is 2.10. The van der Waals surface area contributed by atoms with Gasteiger partial charge in [0.05, 0.1) is 6.61 Å². The smallest absolute Gasteiger partial charge is 0.325 e. The molecule has 5 nitrogen and oxygen atoms in total. The number of rotatable bonds is 13. The normalized spacial score (nSPS) is 10.2. The Morgan fingerprint density at radius 2 is 1.40 bits per heavy atom. The van der Waals surface area contributed by atoms with Gasteiger partial charge >= 0.3 is 12.0 Å². The molecule has 0 bridgehead atoms. The molecule has 0 saturated heterocycles. The van der Waals surface area contributed by atoms with Gasteiger partial charge in [0.1, 0.15) is 6.54 Å². The lowest BCUT2D eigenvalue weighted by molar-refractivity contribution is -0.142. The molecule has 0 aliphatic rings. The molecule has 2 amide bonds. The standard InChI is InChI=1S/C15H30N2O3/c1-2-3-4-5-6-7-8-9-10-11-12-20-14(18)13-17-15(16)19/h2-13H2,1H3,(H3,16,17,19). The van der Waals surface area contributed by atoms with Crippen molar-refractivity contribution in [3.63, 3.8) is 0 Å². The van der Waals surface area contributed by atoms with Crippen LogP contribution >= 0.6 is 0 Å². The van der Waals surface area contributed by atoms with Crippen molar-refractivity contribution < 1.29 is 14.3 Å². The number of amides is 2. The minimum Gasteiger partial charge on any atom is -0.464 e. The summed E-state index contributed by atoms with van der Waals surface area (Å²) in [5.74, 6) is -0.431. The molecule has 0 spiro atoms. The van der Waals surface area contributed by atoms with Gasteiger partial charge in [0.15, 0.2) is 0 Å². The van der Waals surface area contributed by atoms with Gasteiger partial charge in [-0.1, -0.05) is 64.7 Å². The molecule has 0 aliphatic heterocycles. The molecule has 0 heterocycles. The summed E-state index contributed by atoms with van der Waals surface area (Å²) in [6.45, 7) is 2.51. The van der Waals surface area contributed by atoms with Crippen molar-refractivity contribution in [2.45, 2.75) is 71.1 Å². The highest BCUT2D eigenvalue weighted by molar-refractivity contribution is 5.79. The van der Waals surface area contributed by atoms with E-state index in [2.05, 4.69) is 12.2 Å². The molecule has 0 unspecified atom stereocenters. The fourth-order valence-electron chi connectivity index (χ4n) is 1.99. The molecule has 5 heteroatoms. The third-order valence-corrected chi connectivity index (χ3v) is 3.17. The van der Waals surface area contributed by atoms with Crippen LogP contribution in [-0.2, 0) is 9.53 Å². The summed E-state index contributed by atoms with van der Waals surface area (Å²) in [6.07, 6.45) is 12.5. The van der Waals surface area contributed by atoms with Crippen LogP contribution in [0.2, 0.25) is 0 Å². The Morgan fingerprint density at radius 1 is 0.900 bits per heavy atom. The summed E-state index contributed by atoms with van der Waals surface area (Å²) in [6, 6.07) is -0.708. The van der Waals surface area contributed by atoms with E-state index in [9.17, 15) is 9.59 Å². The third kappa shape index (κ3) is 14.8. The maximum atomic E-state index is 11.1. The number of nitrogens with one attached hydrogen (secondary N) is 1. The van der Waals surface area contributed by atoms with Gasteiger partial charge in [0.25, 0.3) is 0 Å². The topological polar surface area (TPSA) is 81.4 Å². The second kappa shape index (κ2) is 14.2. The number of urea groups is 1. The molecular formula is C15H30N2O3. The predicted octanol–water partition coefficient (Wildman–Crippen LogP) is 3.12. The number of hydrogen-bond donors (Lipinski definition) is 2. The summed E-state index contributed by atoms with van der Waals surface area (Å²) in [4.78, 5) is 21.5. The van der Waals surface area contributed by atoms with Crippen LogP contribution in [0.5, 0.6) is 0 Å². The minimum absolute atomic E-state index is 0.146. The van der Waals surface area contributed by atoms with Crippen LogP contribution in [-0.4, -0.2) is 25.2 Å². The molecule has 0 radical (unpaired) electrons. The molecule has 0 aromatic carbocycles. The number of esters is 1. The number of primary amides is 1. The molecular weight excluding hydrogens is 256 g/mol.